The third-order valence-electron chi connectivity index (χ3n) is 4.59. The van der Waals surface area contributed by atoms with Gasteiger partial charge in [0.25, 0.3) is 10.0 Å². The van der Waals surface area contributed by atoms with Crippen LogP contribution in [0.25, 0.3) is 10.1 Å². The fourth-order valence-electron chi connectivity index (χ4n) is 3.15. The first-order valence-electron chi connectivity index (χ1n) is 9.38. The molecule has 0 atom stereocenters. The average molecular weight is 441 g/mol. The van der Waals surface area contributed by atoms with E-state index in [9.17, 15) is 13.2 Å². The first-order chi connectivity index (χ1) is 14.5. The maximum atomic E-state index is 12.5. The van der Waals surface area contributed by atoms with Gasteiger partial charge >= 0.3 is 0 Å². The number of hydrogen-bond donors (Lipinski definition) is 3. The number of anilines is 2. The molecule has 0 fully saturated rings. The first kappa shape index (κ1) is 20.1. The molecule has 0 saturated carbocycles. The van der Waals surface area contributed by atoms with Crippen molar-refractivity contribution < 1.29 is 13.2 Å². The summed E-state index contributed by atoms with van der Waals surface area (Å²) in [6.07, 6.45) is 4.71. The van der Waals surface area contributed by atoms with Gasteiger partial charge in [-0.2, -0.15) is 5.10 Å². The molecule has 30 heavy (non-hydrogen) atoms. The van der Waals surface area contributed by atoms with Crippen LogP contribution < -0.4 is 10.0 Å². The zero-order chi connectivity index (χ0) is 21.0. The second kappa shape index (κ2) is 8.68. The number of aryl methyl sites for hydroxylation is 1. The van der Waals surface area contributed by atoms with Gasteiger partial charge in [-0.25, -0.2) is 8.42 Å². The van der Waals surface area contributed by atoms with Crippen LogP contribution in [0.2, 0.25) is 0 Å². The molecule has 2 aromatic heterocycles. The van der Waals surface area contributed by atoms with Crippen LogP contribution in [0.1, 0.15) is 18.4 Å². The topological polar surface area (TPSA) is 104 Å². The number of nitrogens with zero attached hydrogens (tertiary/aromatic N) is 1. The normalized spacial score (nSPS) is 11.5. The number of H-pyrrole nitrogens is 1. The van der Waals surface area contributed by atoms with E-state index in [0.29, 0.717) is 24.2 Å². The molecule has 0 spiro atoms. The summed E-state index contributed by atoms with van der Waals surface area (Å²) in [7, 11) is -3.77. The van der Waals surface area contributed by atoms with Crippen LogP contribution in [0, 0.1) is 0 Å². The Balaban J connectivity index is 1.35. The lowest BCUT2D eigenvalue weighted by molar-refractivity contribution is -0.116. The van der Waals surface area contributed by atoms with Gasteiger partial charge in [0, 0.05) is 23.0 Å². The number of aromatic amines is 1. The number of amides is 1. The van der Waals surface area contributed by atoms with Crippen molar-refractivity contribution >= 4 is 48.7 Å². The number of hydrogen-bond acceptors (Lipinski definition) is 5. The Morgan fingerprint density at radius 3 is 2.80 bits per heavy atom. The van der Waals surface area contributed by atoms with Gasteiger partial charge in [0.05, 0.1) is 16.8 Å². The summed E-state index contributed by atoms with van der Waals surface area (Å²) < 4.78 is 28.6. The van der Waals surface area contributed by atoms with Crippen LogP contribution in [0.5, 0.6) is 0 Å². The standard InChI is InChI=1S/C21H20N4O3S2/c26-21(10-3-5-15-14-29-20-9-2-1-8-19(15)20)24-16-6-4-7-18(11-16)30(27,28)25-17-12-22-23-13-17/h1-2,4,6-9,11-14,25H,3,5,10H2,(H,22,23)(H,24,26). The van der Waals surface area contributed by atoms with E-state index in [1.807, 2.05) is 12.1 Å². The van der Waals surface area contributed by atoms with Gasteiger partial charge in [-0.05, 0) is 53.4 Å². The quantitative estimate of drug-likeness (QED) is 0.378. The van der Waals surface area contributed by atoms with E-state index in [4.69, 9.17) is 0 Å². The molecule has 0 saturated heterocycles. The molecule has 0 bridgehead atoms. The number of thiophene rings is 1. The third kappa shape index (κ3) is 4.69. The number of nitrogens with one attached hydrogen (secondary N) is 3. The monoisotopic (exact) mass is 440 g/mol. The maximum absolute atomic E-state index is 12.5. The van der Waals surface area contributed by atoms with E-state index in [0.717, 1.165) is 6.42 Å². The largest absolute Gasteiger partial charge is 0.326 e. The van der Waals surface area contributed by atoms with Crippen LogP contribution in [0.3, 0.4) is 0 Å². The molecule has 4 rings (SSSR count). The molecule has 7 nitrogen and oxygen atoms in total. The number of rotatable bonds is 8. The predicted molar refractivity (Wildman–Crippen MR) is 119 cm³/mol. The minimum absolute atomic E-state index is 0.0613. The fraction of sp³-hybridized carbons (Fsp3) is 0.143. The Morgan fingerprint density at radius 1 is 1.10 bits per heavy atom. The summed E-state index contributed by atoms with van der Waals surface area (Å²) in [5, 5.41) is 12.4. The second-order valence-corrected chi connectivity index (χ2v) is 9.37. The summed E-state index contributed by atoms with van der Waals surface area (Å²) >= 11 is 1.71. The van der Waals surface area contributed by atoms with Gasteiger partial charge in [-0.15, -0.1) is 11.3 Å². The molecule has 3 N–H and O–H groups in total. The van der Waals surface area contributed by atoms with Crippen LogP contribution in [-0.4, -0.2) is 24.5 Å². The smallest absolute Gasteiger partial charge is 0.262 e. The van der Waals surface area contributed by atoms with Crippen molar-refractivity contribution in [1.29, 1.82) is 0 Å². The van der Waals surface area contributed by atoms with Crippen LogP contribution in [0.4, 0.5) is 11.4 Å². The molecule has 0 aliphatic rings. The number of aromatic nitrogens is 2. The third-order valence-corrected chi connectivity index (χ3v) is 6.98. The van der Waals surface area contributed by atoms with Crippen LogP contribution in [0.15, 0.2) is 71.2 Å². The lowest BCUT2D eigenvalue weighted by atomic mass is 10.1. The summed E-state index contributed by atoms with van der Waals surface area (Å²) in [5.41, 5.74) is 2.03. The fourth-order valence-corrected chi connectivity index (χ4v) is 5.23. The van der Waals surface area contributed by atoms with Gasteiger partial charge in [-0.1, -0.05) is 24.3 Å². The molecule has 1 amide bonds. The number of fused-ring (bicyclic) bond motifs is 1. The lowest BCUT2D eigenvalue weighted by Gasteiger charge is -2.09. The minimum atomic E-state index is -3.77. The first-order valence-corrected chi connectivity index (χ1v) is 11.7. The molecule has 0 aliphatic heterocycles. The predicted octanol–water partition coefficient (Wildman–Crippen LogP) is 4.39. The molecule has 9 heteroatoms. The van der Waals surface area contributed by atoms with Gasteiger partial charge < -0.3 is 5.32 Å². The molecular formula is C21H20N4O3S2. The van der Waals surface area contributed by atoms with E-state index >= 15 is 0 Å². The Morgan fingerprint density at radius 2 is 1.97 bits per heavy atom. The Bertz CT molecular complexity index is 1260. The van der Waals surface area contributed by atoms with Crippen molar-refractivity contribution in [1.82, 2.24) is 10.2 Å². The molecule has 0 unspecified atom stereocenters. The molecule has 0 radical (unpaired) electrons. The lowest BCUT2D eigenvalue weighted by Crippen LogP contribution is -2.14. The number of sulfonamides is 1. The van der Waals surface area contributed by atoms with Crippen molar-refractivity contribution in [3.63, 3.8) is 0 Å². The summed E-state index contributed by atoms with van der Waals surface area (Å²) in [5.74, 6) is -0.146. The molecule has 2 heterocycles. The van der Waals surface area contributed by atoms with Crippen molar-refractivity contribution in [3.8, 4) is 0 Å². The molecule has 2 aromatic carbocycles. The summed E-state index contributed by atoms with van der Waals surface area (Å²) in [6.45, 7) is 0. The number of carbonyl (C=O) groups excluding carboxylic acids is 1. The SMILES string of the molecule is O=C(CCCc1csc2ccccc12)Nc1cccc(S(=O)(=O)Nc2cn[nH]c2)c1. The number of carbonyl (C=O) groups is 1. The van der Waals surface area contributed by atoms with E-state index in [1.54, 1.807) is 23.5 Å². The van der Waals surface area contributed by atoms with Crippen molar-refractivity contribution in [2.45, 2.75) is 24.2 Å². The van der Waals surface area contributed by atoms with Crippen LogP contribution in [-0.2, 0) is 21.2 Å². The minimum Gasteiger partial charge on any atom is -0.326 e. The van der Waals surface area contributed by atoms with Gasteiger partial charge in [0.1, 0.15) is 0 Å². The Hall–Kier alpha value is -3.17. The van der Waals surface area contributed by atoms with Crippen molar-refractivity contribution in [2.75, 3.05) is 10.0 Å². The summed E-state index contributed by atoms with van der Waals surface area (Å²) in [6, 6.07) is 14.4. The van der Waals surface area contributed by atoms with E-state index in [2.05, 4.69) is 37.7 Å². The highest BCUT2D eigenvalue weighted by molar-refractivity contribution is 7.92. The van der Waals surface area contributed by atoms with Crippen molar-refractivity contribution in [3.05, 3.63) is 71.9 Å². The highest BCUT2D eigenvalue weighted by Crippen LogP contribution is 2.27. The highest BCUT2D eigenvalue weighted by Gasteiger charge is 2.16. The molecule has 154 valence electrons. The zero-order valence-electron chi connectivity index (χ0n) is 16.0. The van der Waals surface area contributed by atoms with Crippen molar-refractivity contribution in [2.24, 2.45) is 0 Å². The molecule has 0 aliphatic carbocycles. The number of benzene rings is 2. The van der Waals surface area contributed by atoms with Gasteiger partial charge in [0.15, 0.2) is 0 Å². The van der Waals surface area contributed by atoms with E-state index in [-0.39, 0.29) is 10.8 Å². The molecular weight excluding hydrogens is 420 g/mol. The van der Waals surface area contributed by atoms with E-state index < -0.39 is 10.0 Å². The van der Waals surface area contributed by atoms with Crippen LogP contribution >= 0.6 is 11.3 Å². The molecule has 4 aromatic rings. The Labute approximate surface area is 178 Å². The van der Waals surface area contributed by atoms with Gasteiger partial charge in [-0.3, -0.25) is 14.6 Å². The highest BCUT2D eigenvalue weighted by atomic mass is 32.2. The summed E-state index contributed by atoms with van der Waals surface area (Å²) in [4.78, 5) is 12.4. The van der Waals surface area contributed by atoms with Gasteiger partial charge in [0.2, 0.25) is 5.91 Å². The average Bonchev–Trinajstić information content (AvgIpc) is 3.38. The second-order valence-electron chi connectivity index (χ2n) is 6.78. The maximum Gasteiger partial charge on any atom is 0.262 e. The Kier molecular flexibility index (Phi) is 5.82. The zero-order valence-corrected chi connectivity index (χ0v) is 17.6. The van der Waals surface area contributed by atoms with E-state index in [1.165, 1.54) is 40.2 Å².